The predicted molar refractivity (Wildman–Crippen MR) is 200 cm³/mol. The smallest absolute Gasteiger partial charge is 0.100 e. The summed E-state index contributed by atoms with van der Waals surface area (Å²) in [6.07, 6.45) is 0. The fraction of sp³-hybridized carbons (Fsp3) is 0. The SMILES string of the molecule is N#Cc1ccc2c(c1)c1ccccc1n2-c1ccccc1-c1cccc(-c2cccc(-n3c4ccccc4c4c(C#N)cccc43)c2)c1C#N. The maximum absolute atomic E-state index is 10.8. The molecule has 0 bridgehead atoms. The van der Waals surface area contributed by atoms with Gasteiger partial charge >= 0.3 is 0 Å². The van der Waals surface area contributed by atoms with Crippen LogP contribution in [0, 0.1) is 34.0 Å². The molecule has 0 saturated heterocycles. The van der Waals surface area contributed by atoms with Gasteiger partial charge in [0.25, 0.3) is 0 Å². The molecule has 0 unspecified atom stereocenters. The van der Waals surface area contributed by atoms with Gasteiger partial charge in [-0.15, -0.1) is 0 Å². The second-order valence-corrected chi connectivity index (χ2v) is 12.3. The lowest BCUT2D eigenvalue weighted by Crippen LogP contribution is -1.99. The molecule has 9 aromatic rings. The summed E-state index contributed by atoms with van der Waals surface area (Å²) in [7, 11) is 0. The Bertz CT molecular complexity index is 2970. The Morgan fingerprint density at radius 2 is 1.08 bits per heavy atom. The van der Waals surface area contributed by atoms with Crippen molar-refractivity contribution < 1.29 is 0 Å². The zero-order valence-corrected chi connectivity index (χ0v) is 26.7. The molecular weight excluding hydrogens is 611 g/mol. The van der Waals surface area contributed by atoms with Crippen LogP contribution in [0.1, 0.15) is 16.7 Å². The van der Waals surface area contributed by atoms with Gasteiger partial charge in [0.2, 0.25) is 0 Å². The monoisotopic (exact) mass is 635 g/mol. The van der Waals surface area contributed by atoms with Gasteiger partial charge in [0.15, 0.2) is 0 Å². The van der Waals surface area contributed by atoms with Gasteiger partial charge in [0.1, 0.15) is 6.07 Å². The van der Waals surface area contributed by atoms with Crippen molar-refractivity contribution >= 4 is 43.6 Å². The Hall–Kier alpha value is -7.39. The molecule has 0 aliphatic heterocycles. The van der Waals surface area contributed by atoms with Crippen LogP contribution < -0.4 is 0 Å². The third kappa shape index (κ3) is 4.24. The van der Waals surface area contributed by atoms with Crippen molar-refractivity contribution in [3.63, 3.8) is 0 Å². The van der Waals surface area contributed by atoms with Crippen LogP contribution >= 0.6 is 0 Å². The van der Waals surface area contributed by atoms with E-state index < -0.39 is 0 Å². The minimum Gasteiger partial charge on any atom is -0.309 e. The molecule has 0 radical (unpaired) electrons. The van der Waals surface area contributed by atoms with Gasteiger partial charge in [-0.2, -0.15) is 15.8 Å². The first-order valence-electron chi connectivity index (χ1n) is 16.3. The average Bonchev–Trinajstić information content (AvgIpc) is 3.70. The third-order valence-corrected chi connectivity index (χ3v) is 9.65. The highest BCUT2D eigenvalue weighted by atomic mass is 15.0. The standard InChI is InChI=1S/C45H25N5/c46-26-29-22-23-43-38(24-29)36-14-2-5-19-41(36)50(43)40-18-4-1-13-35(40)34-17-9-16-33(39(34)28-48)30-10-7-12-32(25-30)49-42-20-6-3-15-37(42)45-31(27-47)11-8-21-44(45)49/h1-25H. The maximum atomic E-state index is 10.8. The summed E-state index contributed by atoms with van der Waals surface area (Å²) in [5.74, 6) is 0. The number of nitrogens with zero attached hydrogens (tertiary/aromatic N) is 5. The van der Waals surface area contributed by atoms with Crippen LogP contribution in [0.25, 0.3) is 77.2 Å². The molecule has 2 heterocycles. The summed E-state index contributed by atoms with van der Waals surface area (Å²) in [6, 6.07) is 57.7. The summed E-state index contributed by atoms with van der Waals surface area (Å²) < 4.78 is 4.42. The number of hydrogen-bond acceptors (Lipinski definition) is 3. The molecule has 0 aliphatic carbocycles. The van der Waals surface area contributed by atoms with Crippen LogP contribution in [0.3, 0.4) is 0 Å². The van der Waals surface area contributed by atoms with Crippen molar-refractivity contribution in [3.05, 3.63) is 168 Å². The number of hydrogen-bond donors (Lipinski definition) is 0. The highest BCUT2D eigenvalue weighted by Crippen LogP contribution is 2.40. The summed E-state index contributed by atoms with van der Waals surface area (Å²) in [5.41, 5.74) is 11.2. The Morgan fingerprint density at radius 1 is 0.420 bits per heavy atom. The second kappa shape index (κ2) is 11.4. The van der Waals surface area contributed by atoms with Gasteiger partial charge in [-0.1, -0.05) is 91.0 Å². The zero-order valence-electron chi connectivity index (χ0n) is 26.7. The lowest BCUT2D eigenvalue weighted by Gasteiger charge is -2.17. The first kappa shape index (κ1) is 28.8. The van der Waals surface area contributed by atoms with Crippen molar-refractivity contribution in [2.75, 3.05) is 0 Å². The van der Waals surface area contributed by atoms with E-state index in [4.69, 9.17) is 0 Å². The van der Waals surface area contributed by atoms with E-state index in [-0.39, 0.29) is 0 Å². The molecule has 5 nitrogen and oxygen atoms in total. The maximum Gasteiger partial charge on any atom is 0.100 e. The van der Waals surface area contributed by atoms with E-state index >= 15 is 0 Å². The van der Waals surface area contributed by atoms with E-state index in [2.05, 4.69) is 81.9 Å². The third-order valence-electron chi connectivity index (χ3n) is 9.65. The van der Waals surface area contributed by atoms with E-state index in [0.29, 0.717) is 16.7 Å². The Labute approximate surface area is 287 Å². The van der Waals surface area contributed by atoms with Crippen molar-refractivity contribution in [1.29, 1.82) is 15.8 Å². The number of nitriles is 3. The molecule has 230 valence electrons. The summed E-state index contributed by atoms with van der Waals surface area (Å²) in [4.78, 5) is 0. The van der Waals surface area contributed by atoms with Gasteiger partial charge < -0.3 is 9.13 Å². The Kier molecular flexibility index (Phi) is 6.56. The minimum absolute atomic E-state index is 0.582. The van der Waals surface area contributed by atoms with Gasteiger partial charge in [-0.25, -0.2) is 0 Å². The number of rotatable bonds is 4. The molecule has 0 N–H and O–H groups in total. The van der Waals surface area contributed by atoms with E-state index in [1.165, 1.54) is 0 Å². The zero-order chi connectivity index (χ0) is 33.8. The molecule has 9 rings (SSSR count). The lowest BCUT2D eigenvalue weighted by atomic mass is 9.91. The molecule has 0 atom stereocenters. The highest BCUT2D eigenvalue weighted by Gasteiger charge is 2.20. The van der Waals surface area contributed by atoms with Crippen LogP contribution in [0.2, 0.25) is 0 Å². The molecule has 50 heavy (non-hydrogen) atoms. The van der Waals surface area contributed by atoms with Gasteiger partial charge in [0.05, 0.1) is 56.6 Å². The summed E-state index contributed by atoms with van der Waals surface area (Å²) >= 11 is 0. The highest BCUT2D eigenvalue weighted by molar-refractivity contribution is 6.12. The molecule has 0 amide bonds. The second-order valence-electron chi connectivity index (χ2n) is 12.3. The predicted octanol–water partition coefficient (Wildman–Crippen LogP) is 10.8. The summed E-state index contributed by atoms with van der Waals surface area (Å²) in [6.45, 7) is 0. The molecule has 0 spiro atoms. The van der Waals surface area contributed by atoms with Gasteiger partial charge in [-0.05, 0) is 66.2 Å². The quantitative estimate of drug-likeness (QED) is 0.193. The topological polar surface area (TPSA) is 81.2 Å². The van der Waals surface area contributed by atoms with Crippen LogP contribution in [0.4, 0.5) is 0 Å². The molecular formula is C45H25N5. The van der Waals surface area contributed by atoms with Crippen molar-refractivity contribution in [1.82, 2.24) is 9.13 Å². The molecule has 7 aromatic carbocycles. The fourth-order valence-corrected chi connectivity index (χ4v) is 7.54. The van der Waals surface area contributed by atoms with E-state index in [1.54, 1.807) is 0 Å². The normalized spacial score (nSPS) is 11.1. The molecule has 0 saturated carbocycles. The van der Waals surface area contributed by atoms with Gasteiger partial charge in [0, 0.05) is 43.9 Å². The largest absolute Gasteiger partial charge is 0.309 e. The number of para-hydroxylation sites is 3. The average molecular weight is 636 g/mol. The Balaban J connectivity index is 1.25. The lowest BCUT2D eigenvalue weighted by molar-refractivity contribution is 1.18. The van der Waals surface area contributed by atoms with Crippen LogP contribution in [0.5, 0.6) is 0 Å². The molecule has 2 aromatic heterocycles. The van der Waals surface area contributed by atoms with Gasteiger partial charge in [-0.3, -0.25) is 0 Å². The summed E-state index contributed by atoms with van der Waals surface area (Å²) in [5, 5.41) is 34.4. The van der Waals surface area contributed by atoms with E-state index in [1.807, 2.05) is 97.1 Å². The van der Waals surface area contributed by atoms with Crippen molar-refractivity contribution in [2.45, 2.75) is 0 Å². The van der Waals surface area contributed by atoms with E-state index in [9.17, 15) is 15.8 Å². The Morgan fingerprint density at radius 3 is 1.90 bits per heavy atom. The van der Waals surface area contributed by atoms with Crippen LogP contribution in [-0.4, -0.2) is 9.13 Å². The molecule has 0 aliphatic rings. The van der Waals surface area contributed by atoms with E-state index in [0.717, 1.165) is 77.2 Å². The first-order chi connectivity index (χ1) is 24.7. The fourth-order valence-electron chi connectivity index (χ4n) is 7.54. The molecule has 0 fully saturated rings. The number of benzene rings is 7. The number of fused-ring (bicyclic) bond motifs is 6. The number of aromatic nitrogens is 2. The molecule has 5 heteroatoms. The first-order valence-corrected chi connectivity index (χ1v) is 16.3. The van der Waals surface area contributed by atoms with Crippen molar-refractivity contribution in [2.24, 2.45) is 0 Å². The van der Waals surface area contributed by atoms with Crippen LogP contribution in [-0.2, 0) is 0 Å². The minimum atomic E-state index is 0.582. The van der Waals surface area contributed by atoms with Crippen molar-refractivity contribution in [3.8, 4) is 51.8 Å². The van der Waals surface area contributed by atoms with Crippen LogP contribution in [0.15, 0.2) is 152 Å².